The van der Waals surface area contributed by atoms with E-state index in [0.717, 1.165) is 0 Å². The molecule has 0 saturated heterocycles. The average molecular weight is 339 g/mol. The molecule has 0 spiro atoms. The van der Waals surface area contributed by atoms with Crippen LogP contribution in [0, 0.1) is 0 Å². The molecule has 1 aromatic carbocycles. The van der Waals surface area contributed by atoms with Gasteiger partial charge in [0.15, 0.2) is 9.84 Å². The zero-order chi connectivity index (χ0) is 14.2. The Morgan fingerprint density at radius 1 is 1.50 bits per heavy atom. The van der Waals surface area contributed by atoms with Crippen LogP contribution in [0.2, 0.25) is 5.02 Å². The number of hydrogen-bond acceptors (Lipinski definition) is 4. The molecule has 1 unspecified atom stereocenters. The van der Waals surface area contributed by atoms with Gasteiger partial charge in [0.1, 0.15) is 0 Å². The molecule has 0 aliphatic carbocycles. The molecule has 0 aromatic heterocycles. The molecule has 1 aliphatic heterocycles. The van der Waals surface area contributed by atoms with Gasteiger partial charge in [0.25, 0.3) is 0 Å². The molecule has 0 radical (unpaired) electrons. The predicted molar refractivity (Wildman–Crippen MR) is 80.2 cm³/mol. The highest BCUT2D eigenvalue weighted by molar-refractivity contribution is 7.91. The van der Waals surface area contributed by atoms with E-state index in [1.165, 1.54) is 11.0 Å². The second-order valence-electron chi connectivity index (χ2n) is 4.51. The standard InChI is InChI=1S/C12H15ClN2O3S.ClH/c1-14-6-12(16)15(2)10-7-19(17,18)11-4-3-8(13)5-9(10)11;/h3-5,10,14H,6-7H2,1-2H3;1H. The molecule has 8 heteroatoms. The summed E-state index contributed by atoms with van der Waals surface area (Å²) in [5.74, 6) is -0.246. The van der Waals surface area contributed by atoms with E-state index < -0.39 is 15.9 Å². The summed E-state index contributed by atoms with van der Waals surface area (Å²) in [5.41, 5.74) is 0.597. The predicted octanol–water partition coefficient (Wildman–Crippen LogP) is 1.27. The maximum atomic E-state index is 12.1. The van der Waals surface area contributed by atoms with E-state index in [-0.39, 0.29) is 35.5 Å². The van der Waals surface area contributed by atoms with Gasteiger partial charge < -0.3 is 10.2 Å². The van der Waals surface area contributed by atoms with Gasteiger partial charge in [0.05, 0.1) is 23.2 Å². The molecule has 1 aromatic rings. The normalized spacial score (nSPS) is 19.1. The van der Waals surface area contributed by atoms with Crippen LogP contribution in [0.4, 0.5) is 0 Å². The Morgan fingerprint density at radius 2 is 2.15 bits per heavy atom. The zero-order valence-corrected chi connectivity index (χ0v) is 13.5. The second-order valence-corrected chi connectivity index (χ2v) is 6.95. The number of nitrogens with one attached hydrogen (secondary N) is 1. The molecule has 0 fully saturated rings. The van der Waals surface area contributed by atoms with Gasteiger partial charge in [-0.3, -0.25) is 4.79 Å². The van der Waals surface area contributed by atoms with Crippen molar-refractivity contribution >= 4 is 39.8 Å². The van der Waals surface area contributed by atoms with E-state index in [1.54, 1.807) is 26.2 Å². The highest BCUT2D eigenvalue weighted by Gasteiger charge is 2.38. The van der Waals surface area contributed by atoms with Gasteiger partial charge in [-0.1, -0.05) is 11.6 Å². The summed E-state index contributed by atoms with van der Waals surface area (Å²) < 4.78 is 24.1. The first-order valence-electron chi connectivity index (χ1n) is 5.79. The van der Waals surface area contributed by atoms with Gasteiger partial charge in [0, 0.05) is 12.1 Å². The number of hydrogen-bond donors (Lipinski definition) is 1. The minimum atomic E-state index is -3.34. The molecular formula is C12H16Cl2N2O3S. The van der Waals surface area contributed by atoms with Crippen molar-refractivity contribution in [2.75, 3.05) is 26.4 Å². The third-order valence-corrected chi connectivity index (χ3v) is 5.26. The molecule has 1 heterocycles. The molecule has 0 bridgehead atoms. The van der Waals surface area contributed by atoms with E-state index in [9.17, 15) is 13.2 Å². The molecular weight excluding hydrogens is 323 g/mol. The van der Waals surface area contributed by atoms with Crippen LogP contribution in [0.15, 0.2) is 23.1 Å². The van der Waals surface area contributed by atoms with Crippen LogP contribution in [0.25, 0.3) is 0 Å². The summed E-state index contributed by atoms with van der Waals surface area (Å²) >= 11 is 5.92. The molecule has 112 valence electrons. The molecule has 1 atom stereocenters. The second kappa shape index (κ2) is 6.30. The van der Waals surface area contributed by atoms with E-state index in [4.69, 9.17) is 11.6 Å². The third-order valence-electron chi connectivity index (χ3n) is 3.23. The van der Waals surface area contributed by atoms with Gasteiger partial charge in [-0.2, -0.15) is 0 Å². The quantitative estimate of drug-likeness (QED) is 0.901. The number of benzene rings is 1. The number of halogens is 2. The number of carbonyl (C=O) groups is 1. The van der Waals surface area contributed by atoms with Crippen LogP contribution in [0.1, 0.15) is 11.6 Å². The molecule has 20 heavy (non-hydrogen) atoms. The average Bonchev–Trinajstić information content (AvgIpc) is 2.60. The largest absolute Gasteiger partial charge is 0.337 e. The van der Waals surface area contributed by atoms with E-state index in [0.29, 0.717) is 10.6 Å². The van der Waals surface area contributed by atoms with Crippen LogP contribution in [-0.4, -0.2) is 45.6 Å². The van der Waals surface area contributed by atoms with Crippen LogP contribution >= 0.6 is 24.0 Å². The lowest BCUT2D eigenvalue weighted by Crippen LogP contribution is -2.37. The highest BCUT2D eigenvalue weighted by atomic mass is 35.5. The highest BCUT2D eigenvalue weighted by Crippen LogP contribution is 2.37. The van der Waals surface area contributed by atoms with Crippen LogP contribution in [-0.2, 0) is 14.6 Å². The van der Waals surface area contributed by atoms with Crippen molar-refractivity contribution in [3.8, 4) is 0 Å². The first-order chi connectivity index (χ1) is 8.86. The summed E-state index contributed by atoms with van der Waals surface area (Å²) in [5, 5.41) is 3.23. The number of rotatable bonds is 3. The van der Waals surface area contributed by atoms with Crippen molar-refractivity contribution in [3.05, 3.63) is 28.8 Å². The summed E-state index contributed by atoms with van der Waals surface area (Å²) in [4.78, 5) is 13.6. The Hall–Kier alpha value is -0.820. The van der Waals surface area contributed by atoms with Crippen LogP contribution in [0.5, 0.6) is 0 Å². The fraction of sp³-hybridized carbons (Fsp3) is 0.417. The number of carbonyl (C=O) groups excluding carboxylic acids is 1. The van der Waals surface area contributed by atoms with Gasteiger partial charge >= 0.3 is 0 Å². The maximum absolute atomic E-state index is 12.1. The first kappa shape index (κ1) is 17.2. The number of likely N-dealkylation sites (N-methyl/N-ethyl adjacent to an activating group) is 2. The van der Waals surface area contributed by atoms with Crippen molar-refractivity contribution < 1.29 is 13.2 Å². The molecule has 2 rings (SSSR count). The fourth-order valence-electron chi connectivity index (χ4n) is 2.22. The Kier molecular flexibility index (Phi) is 5.43. The monoisotopic (exact) mass is 338 g/mol. The molecule has 1 aliphatic rings. The summed E-state index contributed by atoms with van der Waals surface area (Å²) in [6.07, 6.45) is 0. The van der Waals surface area contributed by atoms with Crippen molar-refractivity contribution in [1.29, 1.82) is 0 Å². The van der Waals surface area contributed by atoms with Crippen molar-refractivity contribution in [2.24, 2.45) is 0 Å². The van der Waals surface area contributed by atoms with Crippen LogP contribution in [0.3, 0.4) is 0 Å². The zero-order valence-electron chi connectivity index (χ0n) is 11.1. The number of amides is 1. The molecule has 0 saturated carbocycles. The van der Waals surface area contributed by atoms with Gasteiger partial charge in [0.2, 0.25) is 5.91 Å². The topological polar surface area (TPSA) is 66.5 Å². The van der Waals surface area contributed by atoms with Crippen molar-refractivity contribution in [3.63, 3.8) is 0 Å². The van der Waals surface area contributed by atoms with Crippen molar-refractivity contribution in [1.82, 2.24) is 10.2 Å². The lowest BCUT2D eigenvalue weighted by molar-refractivity contribution is -0.130. The van der Waals surface area contributed by atoms with E-state index in [2.05, 4.69) is 5.32 Å². The Labute approximate surface area is 129 Å². The lowest BCUT2D eigenvalue weighted by atomic mass is 10.1. The van der Waals surface area contributed by atoms with E-state index in [1.807, 2.05) is 0 Å². The minimum absolute atomic E-state index is 0. The van der Waals surface area contributed by atoms with Gasteiger partial charge in [-0.15, -0.1) is 12.4 Å². The smallest absolute Gasteiger partial charge is 0.236 e. The number of fused-ring (bicyclic) bond motifs is 1. The Balaban J connectivity index is 0.00000200. The minimum Gasteiger partial charge on any atom is -0.337 e. The van der Waals surface area contributed by atoms with Crippen molar-refractivity contribution in [2.45, 2.75) is 10.9 Å². The summed E-state index contributed by atoms with van der Waals surface area (Å²) in [6, 6.07) is 4.20. The number of sulfone groups is 1. The van der Waals surface area contributed by atoms with Crippen LogP contribution < -0.4 is 5.32 Å². The maximum Gasteiger partial charge on any atom is 0.236 e. The van der Waals surface area contributed by atoms with Gasteiger partial charge in [-0.05, 0) is 30.8 Å². The first-order valence-corrected chi connectivity index (χ1v) is 7.82. The Bertz CT molecular complexity index is 619. The molecule has 1 N–H and O–H groups in total. The summed E-state index contributed by atoms with van der Waals surface area (Å²) in [6.45, 7) is 0.170. The van der Waals surface area contributed by atoms with Gasteiger partial charge in [-0.25, -0.2) is 8.42 Å². The Morgan fingerprint density at radius 3 is 2.75 bits per heavy atom. The lowest BCUT2D eigenvalue weighted by Gasteiger charge is -2.24. The fourth-order valence-corrected chi connectivity index (χ4v) is 4.23. The molecule has 1 amide bonds. The molecule has 5 nitrogen and oxygen atoms in total. The van der Waals surface area contributed by atoms with E-state index >= 15 is 0 Å². The summed E-state index contributed by atoms with van der Waals surface area (Å²) in [7, 11) is -0.0623. The SMILES string of the molecule is CNCC(=O)N(C)C1CS(=O)(=O)c2ccc(Cl)cc21.Cl. The third kappa shape index (κ3) is 3.09. The number of nitrogens with zero attached hydrogens (tertiary/aromatic N) is 1.